The standard InChI is InChI=1S/C33H36F4N8O3/c1-31-7-3-10-44(17-31)28-21-15-38-27(25(34)26(21)40-29(41-28)48-18-32-8-4-11-45(32)12-5-9-32)24-19(6-2-13-47-30(46)42-31)22(33(35,36)37)14-23-20(24)16-39-43-23/h14-16H,2-13,17-18H2,1H3,(H,39,43)(H,42,46). The fraction of sp³-hybridized carbons (Fsp3) is 0.545. The highest BCUT2D eigenvalue weighted by atomic mass is 19.4. The van der Waals surface area contributed by atoms with Crippen LogP contribution < -0.4 is 15.0 Å². The van der Waals surface area contributed by atoms with Gasteiger partial charge in [0.1, 0.15) is 23.6 Å². The molecule has 15 heteroatoms. The van der Waals surface area contributed by atoms with Crippen molar-refractivity contribution in [2.45, 2.75) is 75.5 Å². The number of hydrogen-bond donors (Lipinski definition) is 2. The first-order chi connectivity index (χ1) is 23.0. The molecular formula is C33H36F4N8O3. The Hall–Kier alpha value is -4.27. The first-order valence-corrected chi connectivity index (χ1v) is 16.5. The molecule has 3 aromatic heterocycles. The van der Waals surface area contributed by atoms with Gasteiger partial charge in [-0.2, -0.15) is 28.2 Å². The largest absolute Gasteiger partial charge is 0.461 e. The molecule has 1 atom stereocenters. The maximum absolute atomic E-state index is 17.1. The van der Waals surface area contributed by atoms with Crippen LogP contribution in [-0.4, -0.2) is 86.6 Å². The lowest BCUT2D eigenvalue weighted by Gasteiger charge is -2.41. The van der Waals surface area contributed by atoms with Crippen molar-refractivity contribution in [3.8, 4) is 17.3 Å². The van der Waals surface area contributed by atoms with Gasteiger partial charge in [-0.3, -0.25) is 15.0 Å². The van der Waals surface area contributed by atoms with E-state index >= 15 is 4.39 Å². The Bertz CT molecular complexity index is 1910. The summed E-state index contributed by atoms with van der Waals surface area (Å²) in [5.74, 6) is -0.493. The number of aromatic amines is 1. The van der Waals surface area contributed by atoms with Gasteiger partial charge >= 0.3 is 18.3 Å². The molecule has 0 radical (unpaired) electrons. The molecule has 0 aliphatic carbocycles. The number of halogens is 4. The van der Waals surface area contributed by atoms with Gasteiger partial charge in [0.15, 0.2) is 5.82 Å². The molecule has 4 aromatic rings. The first kappa shape index (κ1) is 31.0. The molecule has 1 amide bonds. The number of carbonyl (C=O) groups excluding carboxylic acids is 1. The lowest BCUT2D eigenvalue weighted by molar-refractivity contribution is -0.138. The molecule has 3 saturated heterocycles. The number of fused-ring (bicyclic) bond motifs is 8. The summed E-state index contributed by atoms with van der Waals surface area (Å²) >= 11 is 0. The van der Waals surface area contributed by atoms with E-state index in [9.17, 15) is 18.0 Å². The van der Waals surface area contributed by atoms with Crippen LogP contribution in [0.2, 0.25) is 0 Å². The van der Waals surface area contributed by atoms with Crippen molar-refractivity contribution in [3.63, 3.8) is 0 Å². The Morgan fingerprint density at radius 1 is 1.04 bits per heavy atom. The Balaban J connectivity index is 1.33. The summed E-state index contributed by atoms with van der Waals surface area (Å²) in [5, 5.41) is 10.1. The zero-order valence-electron chi connectivity index (χ0n) is 26.6. The number of nitrogens with zero attached hydrogens (tertiary/aromatic N) is 6. The van der Waals surface area contributed by atoms with Gasteiger partial charge in [-0.05, 0) is 83.0 Å². The summed E-state index contributed by atoms with van der Waals surface area (Å²) in [6, 6.07) is 0.961. The molecule has 0 saturated carbocycles. The minimum atomic E-state index is -4.76. The number of pyridine rings is 1. The second-order valence-corrected chi connectivity index (χ2v) is 13.8. The van der Waals surface area contributed by atoms with E-state index in [-0.39, 0.29) is 64.2 Å². The molecular weight excluding hydrogens is 632 g/mol. The van der Waals surface area contributed by atoms with E-state index in [1.54, 1.807) is 0 Å². The number of aromatic nitrogens is 5. The van der Waals surface area contributed by atoms with Gasteiger partial charge in [0.25, 0.3) is 0 Å². The zero-order chi connectivity index (χ0) is 33.3. The first-order valence-electron chi connectivity index (χ1n) is 16.5. The number of rotatable bonds is 3. The Morgan fingerprint density at radius 3 is 2.62 bits per heavy atom. The minimum absolute atomic E-state index is 0.0137. The smallest absolute Gasteiger partial charge is 0.416 e. The van der Waals surface area contributed by atoms with E-state index in [0.29, 0.717) is 43.7 Å². The number of hydrogen-bond acceptors (Lipinski definition) is 9. The van der Waals surface area contributed by atoms with Crippen molar-refractivity contribution in [2.75, 3.05) is 44.3 Å². The SMILES string of the molecule is CC12CCCN(C1)c1nc(OCC34CCCN3CCC4)nc3c(F)c(ncc13)-c1c(c(C(F)(F)F)cc3[nH]ncc13)CCCOC(=O)N2. The quantitative estimate of drug-likeness (QED) is 0.263. The Labute approximate surface area is 273 Å². The number of anilines is 1. The molecule has 3 fully saturated rings. The summed E-state index contributed by atoms with van der Waals surface area (Å²) < 4.78 is 72.5. The van der Waals surface area contributed by atoms with Gasteiger partial charge in [0.2, 0.25) is 0 Å². The Kier molecular flexibility index (Phi) is 7.38. The summed E-state index contributed by atoms with van der Waals surface area (Å²) in [6.07, 6.45) is 2.75. The van der Waals surface area contributed by atoms with Crippen molar-refractivity contribution in [2.24, 2.45) is 0 Å². The topological polar surface area (TPSA) is 121 Å². The van der Waals surface area contributed by atoms with E-state index in [1.807, 2.05) is 11.8 Å². The van der Waals surface area contributed by atoms with Crippen LogP contribution in [0.4, 0.5) is 28.2 Å². The summed E-state index contributed by atoms with van der Waals surface area (Å²) in [6.45, 7) is 5.02. The van der Waals surface area contributed by atoms with E-state index in [0.717, 1.165) is 44.8 Å². The number of benzene rings is 1. The zero-order valence-corrected chi connectivity index (χ0v) is 26.6. The van der Waals surface area contributed by atoms with Gasteiger partial charge in [-0.1, -0.05) is 0 Å². The number of alkyl halides is 3. The van der Waals surface area contributed by atoms with Crippen LogP contribution in [0.15, 0.2) is 18.5 Å². The van der Waals surface area contributed by atoms with E-state index < -0.39 is 29.2 Å². The van der Waals surface area contributed by atoms with Gasteiger partial charge < -0.3 is 19.7 Å². The van der Waals surface area contributed by atoms with Crippen LogP contribution in [0, 0.1) is 5.82 Å². The number of ether oxygens (including phenoxy) is 2. The van der Waals surface area contributed by atoms with Gasteiger partial charge in [0, 0.05) is 30.2 Å². The lowest BCUT2D eigenvalue weighted by Crippen LogP contribution is -2.57. The molecule has 48 heavy (non-hydrogen) atoms. The van der Waals surface area contributed by atoms with Crippen LogP contribution >= 0.6 is 0 Å². The highest BCUT2D eigenvalue weighted by Gasteiger charge is 2.45. The highest BCUT2D eigenvalue weighted by Crippen LogP contribution is 2.44. The number of nitrogens with one attached hydrogen (secondary N) is 2. The Morgan fingerprint density at radius 2 is 1.83 bits per heavy atom. The molecule has 6 bridgehead atoms. The van der Waals surface area contributed by atoms with Crippen molar-refractivity contribution in [1.82, 2.24) is 35.4 Å². The third-order valence-corrected chi connectivity index (χ3v) is 10.5. The van der Waals surface area contributed by atoms with Crippen LogP contribution in [-0.2, 0) is 17.3 Å². The molecule has 8 heterocycles. The van der Waals surface area contributed by atoms with E-state index in [2.05, 4.69) is 30.4 Å². The average Bonchev–Trinajstić information content (AvgIpc) is 3.77. The number of carbonyl (C=O) groups is 1. The molecule has 9 rings (SSSR count). The molecule has 1 aromatic carbocycles. The molecule has 254 valence electrons. The monoisotopic (exact) mass is 668 g/mol. The fourth-order valence-electron chi connectivity index (χ4n) is 8.30. The number of amides is 1. The summed E-state index contributed by atoms with van der Waals surface area (Å²) in [7, 11) is 0. The van der Waals surface area contributed by atoms with Gasteiger partial charge in [-0.15, -0.1) is 0 Å². The molecule has 0 spiro atoms. The molecule has 1 unspecified atom stereocenters. The lowest BCUT2D eigenvalue weighted by atomic mass is 9.90. The summed E-state index contributed by atoms with van der Waals surface area (Å²) in [5.41, 5.74) is -2.28. The predicted molar refractivity (Wildman–Crippen MR) is 168 cm³/mol. The second kappa shape index (κ2) is 11.4. The second-order valence-electron chi connectivity index (χ2n) is 13.8. The maximum atomic E-state index is 17.1. The third-order valence-electron chi connectivity index (χ3n) is 10.5. The van der Waals surface area contributed by atoms with Crippen LogP contribution in [0.1, 0.15) is 63.0 Å². The van der Waals surface area contributed by atoms with E-state index in [4.69, 9.17) is 14.5 Å². The van der Waals surface area contributed by atoms with Crippen molar-refractivity contribution in [3.05, 3.63) is 35.4 Å². The molecule has 2 N–H and O–H groups in total. The number of H-pyrrole nitrogens is 1. The van der Waals surface area contributed by atoms with Crippen molar-refractivity contribution < 1.29 is 31.8 Å². The van der Waals surface area contributed by atoms with Crippen LogP contribution in [0.3, 0.4) is 0 Å². The van der Waals surface area contributed by atoms with Crippen molar-refractivity contribution >= 4 is 33.7 Å². The molecule has 5 aliphatic rings. The predicted octanol–water partition coefficient (Wildman–Crippen LogP) is 5.76. The van der Waals surface area contributed by atoms with Crippen molar-refractivity contribution in [1.29, 1.82) is 0 Å². The highest BCUT2D eigenvalue weighted by molar-refractivity contribution is 5.99. The molecule has 11 nitrogen and oxygen atoms in total. The summed E-state index contributed by atoms with van der Waals surface area (Å²) in [4.78, 5) is 31.2. The van der Waals surface area contributed by atoms with Crippen LogP contribution in [0.5, 0.6) is 6.01 Å². The van der Waals surface area contributed by atoms with Gasteiger partial charge in [-0.25, -0.2) is 9.18 Å². The molecule has 5 aliphatic heterocycles. The minimum Gasteiger partial charge on any atom is -0.461 e. The van der Waals surface area contributed by atoms with E-state index in [1.165, 1.54) is 12.4 Å². The normalized spacial score (nSPS) is 23.0. The van der Waals surface area contributed by atoms with Gasteiger partial charge in [0.05, 0.1) is 40.3 Å². The number of piperidine rings is 1. The van der Waals surface area contributed by atoms with Crippen LogP contribution in [0.25, 0.3) is 33.1 Å². The average molecular weight is 669 g/mol. The third kappa shape index (κ3) is 5.26. The maximum Gasteiger partial charge on any atom is 0.416 e. The fourth-order valence-corrected chi connectivity index (χ4v) is 8.30. The number of alkyl carbamates (subject to hydrolysis) is 1.